The molecule has 1 unspecified atom stereocenters. The van der Waals surface area contributed by atoms with Crippen molar-refractivity contribution in [2.45, 2.75) is 70.0 Å². The van der Waals surface area contributed by atoms with Gasteiger partial charge in [-0.2, -0.15) is 13.2 Å². The Balaban J connectivity index is 3.34. The molecule has 0 aromatic carbocycles. The SMILES string of the molecule is CNC(CCCCCCCCCCO)C(F)(F)F. The van der Waals surface area contributed by atoms with E-state index in [0.29, 0.717) is 6.42 Å². The molecule has 0 aromatic rings. The maximum Gasteiger partial charge on any atom is 0.403 e. The van der Waals surface area contributed by atoms with Crippen molar-refractivity contribution in [1.29, 1.82) is 0 Å². The fraction of sp³-hybridized carbons (Fsp3) is 1.00. The van der Waals surface area contributed by atoms with Crippen molar-refractivity contribution in [2.75, 3.05) is 13.7 Å². The van der Waals surface area contributed by atoms with Gasteiger partial charge in [0.2, 0.25) is 0 Å². The van der Waals surface area contributed by atoms with Gasteiger partial charge in [-0.3, -0.25) is 0 Å². The van der Waals surface area contributed by atoms with Crippen LogP contribution in [0.2, 0.25) is 0 Å². The van der Waals surface area contributed by atoms with Gasteiger partial charge in [0, 0.05) is 6.61 Å². The Hall–Kier alpha value is -0.290. The monoisotopic (exact) mass is 269 g/mol. The van der Waals surface area contributed by atoms with Crippen LogP contribution in [0.5, 0.6) is 0 Å². The van der Waals surface area contributed by atoms with E-state index < -0.39 is 12.2 Å². The van der Waals surface area contributed by atoms with Gasteiger partial charge in [-0.05, 0) is 19.9 Å². The fourth-order valence-electron chi connectivity index (χ4n) is 1.99. The molecule has 0 saturated heterocycles. The first kappa shape index (κ1) is 17.7. The summed E-state index contributed by atoms with van der Waals surface area (Å²) in [5.41, 5.74) is 0. The Morgan fingerprint density at radius 3 is 1.72 bits per heavy atom. The third-order valence-electron chi connectivity index (χ3n) is 3.14. The second-order valence-electron chi connectivity index (χ2n) is 4.72. The minimum atomic E-state index is -4.13. The molecular weight excluding hydrogens is 243 g/mol. The Labute approximate surface area is 108 Å². The van der Waals surface area contributed by atoms with Crippen molar-refractivity contribution >= 4 is 0 Å². The minimum Gasteiger partial charge on any atom is -0.396 e. The Morgan fingerprint density at radius 1 is 0.889 bits per heavy atom. The summed E-state index contributed by atoms with van der Waals surface area (Å²) >= 11 is 0. The van der Waals surface area contributed by atoms with E-state index in [9.17, 15) is 13.2 Å². The quantitative estimate of drug-likeness (QED) is 0.561. The second kappa shape index (κ2) is 10.6. The second-order valence-corrected chi connectivity index (χ2v) is 4.72. The molecule has 2 nitrogen and oxygen atoms in total. The van der Waals surface area contributed by atoms with Crippen LogP contribution in [0, 0.1) is 0 Å². The van der Waals surface area contributed by atoms with Gasteiger partial charge >= 0.3 is 6.18 Å². The molecule has 0 heterocycles. The van der Waals surface area contributed by atoms with Crippen LogP contribution >= 0.6 is 0 Å². The van der Waals surface area contributed by atoms with Crippen LogP contribution in [-0.2, 0) is 0 Å². The molecule has 110 valence electrons. The summed E-state index contributed by atoms with van der Waals surface area (Å²) in [6.45, 7) is 0.253. The topological polar surface area (TPSA) is 32.3 Å². The molecule has 1 atom stereocenters. The first-order chi connectivity index (χ1) is 8.52. The molecule has 5 heteroatoms. The van der Waals surface area contributed by atoms with Gasteiger partial charge in [-0.15, -0.1) is 0 Å². The fourth-order valence-corrected chi connectivity index (χ4v) is 1.99. The van der Waals surface area contributed by atoms with Gasteiger partial charge in [0.1, 0.15) is 6.04 Å². The van der Waals surface area contributed by atoms with Crippen molar-refractivity contribution in [3.63, 3.8) is 0 Å². The van der Waals surface area contributed by atoms with E-state index in [1.165, 1.54) is 7.05 Å². The molecule has 0 fully saturated rings. The third kappa shape index (κ3) is 9.71. The maximum atomic E-state index is 12.4. The lowest BCUT2D eigenvalue weighted by Crippen LogP contribution is -2.39. The summed E-state index contributed by atoms with van der Waals surface area (Å²) in [5.74, 6) is 0. The predicted molar refractivity (Wildman–Crippen MR) is 67.5 cm³/mol. The Morgan fingerprint density at radius 2 is 1.33 bits per heavy atom. The largest absolute Gasteiger partial charge is 0.403 e. The van der Waals surface area contributed by atoms with Gasteiger partial charge in [0.05, 0.1) is 0 Å². The molecule has 0 aliphatic carbocycles. The molecule has 0 radical (unpaired) electrons. The molecular formula is C13H26F3NO. The molecule has 0 aromatic heterocycles. The number of unbranched alkanes of at least 4 members (excludes halogenated alkanes) is 7. The number of aliphatic hydroxyl groups excluding tert-OH is 1. The van der Waals surface area contributed by atoms with Gasteiger partial charge < -0.3 is 10.4 Å². The first-order valence-electron chi connectivity index (χ1n) is 6.87. The van der Waals surface area contributed by atoms with Crippen LogP contribution in [0.15, 0.2) is 0 Å². The lowest BCUT2D eigenvalue weighted by atomic mass is 10.0. The highest BCUT2D eigenvalue weighted by Gasteiger charge is 2.37. The van der Waals surface area contributed by atoms with Crippen LogP contribution in [0.1, 0.15) is 57.8 Å². The summed E-state index contributed by atoms with van der Waals surface area (Å²) in [4.78, 5) is 0. The number of rotatable bonds is 11. The van der Waals surface area contributed by atoms with Crippen molar-refractivity contribution in [2.24, 2.45) is 0 Å². The highest BCUT2D eigenvalue weighted by molar-refractivity contribution is 4.72. The molecule has 0 saturated carbocycles. The zero-order chi connectivity index (χ0) is 13.9. The van der Waals surface area contributed by atoms with Crippen molar-refractivity contribution in [3.8, 4) is 0 Å². The van der Waals surface area contributed by atoms with E-state index in [1.54, 1.807) is 0 Å². The predicted octanol–water partition coefficient (Wildman–Crippen LogP) is 3.64. The van der Waals surface area contributed by atoms with Crippen LogP contribution in [-0.4, -0.2) is 31.0 Å². The van der Waals surface area contributed by atoms with Crippen LogP contribution in [0.3, 0.4) is 0 Å². The number of alkyl halides is 3. The van der Waals surface area contributed by atoms with Crippen LogP contribution in [0.25, 0.3) is 0 Å². The van der Waals surface area contributed by atoms with E-state index in [2.05, 4.69) is 5.32 Å². The van der Waals surface area contributed by atoms with E-state index >= 15 is 0 Å². The highest BCUT2D eigenvalue weighted by Crippen LogP contribution is 2.24. The number of hydrogen-bond acceptors (Lipinski definition) is 2. The summed E-state index contributed by atoms with van der Waals surface area (Å²) in [5, 5.41) is 10.9. The normalized spacial score (nSPS) is 13.8. The number of hydrogen-bond donors (Lipinski definition) is 2. The van der Waals surface area contributed by atoms with E-state index in [-0.39, 0.29) is 13.0 Å². The van der Waals surface area contributed by atoms with Crippen molar-refractivity contribution in [1.82, 2.24) is 5.32 Å². The van der Waals surface area contributed by atoms with Gasteiger partial charge in [0.15, 0.2) is 0 Å². The lowest BCUT2D eigenvalue weighted by molar-refractivity contribution is -0.156. The molecule has 0 rings (SSSR count). The highest BCUT2D eigenvalue weighted by atomic mass is 19.4. The number of halogens is 3. The summed E-state index contributed by atoms with van der Waals surface area (Å²) in [6.07, 6.45) is 3.77. The standard InChI is InChI=1S/C13H26F3NO/c1-17-12(13(14,15)16)10-8-6-4-2-3-5-7-9-11-18/h12,17-18H,2-11H2,1H3. The van der Waals surface area contributed by atoms with Gasteiger partial charge in [-0.25, -0.2) is 0 Å². The first-order valence-corrected chi connectivity index (χ1v) is 6.87. The minimum absolute atomic E-state index is 0.171. The summed E-state index contributed by atoms with van der Waals surface area (Å²) in [7, 11) is 1.36. The average molecular weight is 269 g/mol. The van der Waals surface area contributed by atoms with Gasteiger partial charge in [0.25, 0.3) is 0 Å². The average Bonchev–Trinajstić information content (AvgIpc) is 2.30. The molecule has 0 aliphatic rings. The van der Waals surface area contributed by atoms with Crippen LogP contribution in [0.4, 0.5) is 13.2 Å². The molecule has 18 heavy (non-hydrogen) atoms. The van der Waals surface area contributed by atoms with Crippen molar-refractivity contribution in [3.05, 3.63) is 0 Å². The summed E-state index contributed by atoms with van der Waals surface area (Å²) < 4.78 is 37.2. The molecule has 0 amide bonds. The molecule has 0 spiro atoms. The smallest absolute Gasteiger partial charge is 0.396 e. The zero-order valence-electron chi connectivity index (χ0n) is 11.2. The van der Waals surface area contributed by atoms with E-state index in [4.69, 9.17) is 5.11 Å². The Kier molecular flexibility index (Phi) is 10.4. The lowest BCUT2D eigenvalue weighted by Gasteiger charge is -2.19. The summed E-state index contributed by atoms with van der Waals surface area (Å²) in [6, 6.07) is -1.36. The van der Waals surface area contributed by atoms with E-state index in [1.807, 2.05) is 0 Å². The van der Waals surface area contributed by atoms with Crippen molar-refractivity contribution < 1.29 is 18.3 Å². The van der Waals surface area contributed by atoms with E-state index in [0.717, 1.165) is 44.9 Å². The van der Waals surface area contributed by atoms with Crippen LogP contribution < -0.4 is 5.32 Å². The maximum absolute atomic E-state index is 12.4. The molecule has 0 aliphatic heterocycles. The Bertz CT molecular complexity index is 186. The van der Waals surface area contributed by atoms with Gasteiger partial charge in [-0.1, -0.05) is 44.9 Å². The zero-order valence-corrected chi connectivity index (χ0v) is 11.2. The third-order valence-corrected chi connectivity index (χ3v) is 3.14. The number of aliphatic hydroxyl groups is 1. The molecule has 2 N–H and O–H groups in total. The number of nitrogens with one attached hydrogen (secondary N) is 1. The molecule has 0 bridgehead atoms.